The molecule has 19 heavy (non-hydrogen) atoms. The van der Waals surface area contributed by atoms with Gasteiger partial charge in [-0.1, -0.05) is 19.9 Å². The molecule has 0 aliphatic carbocycles. The van der Waals surface area contributed by atoms with E-state index in [4.69, 9.17) is 5.73 Å². The lowest BCUT2D eigenvalue weighted by molar-refractivity contribution is 0.284. The van der Waals surface area contributed by atoms with Gasteiger partial charge >= 0.3 is 0 Å². The van der Waals surface area contributed by atoms with Crippen molar-refractivity contribution in [2.24, 2.45) is 5.92 Å². The normalized spacial score (nSPS) is 15.6. The lowest BCUT2D eigenvalue weighted by Gasteiger charge is -2.27. The van der Waals surface area contributed by atoms with Crippen molar-refractivity contribution in [3.8, 4) is 0 Å². The van der Waals surface area contributed by atoms with Crippen molar-refractivity contribution in [1.29, 1.82) is 0 Å². The van der Waals surface area contributed by atoms with E-state index in [-0.39, 0.29) is 24.8 Å². The molecule has 2 rings (SSSR count). The highest BCUT2D eigenvalue weighted by atomic mass is 35.5. The summed E-state index contributed by atoms with van der Waals surface area (Å²) in [6.45, 7) is 7.95. The van der Waals surface area contributed by atoms with Crippen LogP contribution in [0.2, 0.25) is 0 Å². The fraction of sp³-hybridized carbons (Fsp3) is 0.615. The minimum Gasteiger partial charge on any atom is -0.375 e. The zero-order valence-corrected chi connectivity index (χ0v) is 13.9. The van der Waals surface area contributed by atoms with Crippen molar-refractivity contribution in [1.82, 2.24) is 9.88 Å². The molecule has 0 aromatic carbocycles. The van der Waals surface area contributed by atoms with Crippen molar-refractivity contribution < 1.29 is 0 Å². The Labute approximate surface area is 132 Å². The maximum absolute atomic E-state index is 5.68. The molecular weight excluding hydrogens is 301 g/mol. The van der Waals surface area contributed by atoms with E-state index in [0.717, 1.165) is 24.6 Å². The summed E-state index contributed by atoms with van der Waals surface area (Å²) in [5.41, 5.74) is 8.10. The van der Waals surface area contributed by atoms with Crippen LogP contribution >= 0.6 is 36.2 Å². The molecule has 0 amide bonds. The van der Waals surface area contributed by atoms with Crippen LogP contribution in [0.1, 0.15) is 32.4 Å². The summed E-state index contributed by atoms with van der Waals surface area (Å²) in [5.74, 6) is 0.777. The van der Waals surface area contributed by atoms with Crippen LogP contribution < -0.4 is 5.73 Å². The maximum atomic E-state index is 5.68. The molecule has 0 bridgehead atoms. The Morgan fingerprint density at radius 1 is 1.42 bits per heavy atom. The van der Waals surface area contributed by atoms with E-state index in [1.807, 2.05) is 0 Å². The second-order valence-electron chi connectivity index (χ2n) is 5.05. The van der Waals surface area contributed by atoms with Gasteiger partial charge in [0.2, 0.25) is 0 Å². The van der Waals surface area contributed by atoms with Crippen LogP contribution in [-0.2, 0) is 0 Å². The van der Waals surface area contributed by atoms with Crippen molar-refractivity contribution >= 4 is 46.9 Å². The van der Waals surface area contributed by atoms with E-state index >= 15 is 0 Å². The summed E-state index contributed by atoms with van der Waals surface area (Å²) >= 11 is 1.52. The quantitative estimate of drug-likeness (QED) is 0.918. The summed E-state index contributed by atoms with van der Waals surface area (Å²) in [6, 6.07) is 0. The third-order valence-electron chi connectivity index (χ3n) is 3.10. The highest BCUT2D eigenvalue weighted by molar-refractivity contribution is 7.13. The molecule has 1 aromatic rings. The number of aromatic nitrogens is 1. The molecule has 0 unspecified atom stereocenters. The van der Waals surface area contributed by atoms with E-state index in [1.165, 1.54) is 36.4 Å². The van der Waals surface area contributed by atoms with Crippen LogP contribution in [0.5, 0.6) is 0 Å². The smallest absolute Gasteiger partial charge is 0.180 e. The molecule has 0 saturated carbocycles. The molecule has 1 aromatic heterocycles. The second kappa shape index (κ2) is 8.80. The molecule has 0 saturated heterocycles. The number of hydrogen-bond acceptors (Lipinski definition) is 4. The highest BCUT2D eigenvalue weighted by Crippen LogP contribution is 2.23. The molecule has 0 fully saturated rings. The van der Waals surface area contributed by atoms with Gasteiger partial charge in [-0.25, -0.2) is 4.98 Å². The number of anilines is 1. The Bertz CT molecular complexity index is 404. The van der Waals surface area contributed by atoms with Gasteiger partial charge < -0.3 is 5.73 Å². The summed E-state index contributed by atoms with van der Waals surface area (Å²) in [5, 5.41) is 2.73. The molecule has 1 aliphatic heterocycles. The van der Waals surface area contributed by atoms with Gasteiger partial charge in [0.1, 0.15) is 0 Å². The van der Waals surface area contributed by atoms with Crippen molar-refractivity contribution in [3.63, 3.8) is 0 Å². The van der Waals surface area contributed by atoms with Crippen LogP contribution in [0.4, 0.5) is 5.13 Å². The lowest BCUT2D eigenvalue weighted by atomic mass is 10.1. The van der Waals surface area contributed by atoms with E-state index in [2.05, 4.69) is 35.2 Å². The van der Waals surface area contributed by atoms with E-state index < -0.39 is 0 Å². The van der Waals surface area contributed by atoms with Crippen LogP contribution in [0, 0.1) is 5.92 Å². The standard InChI is InChI=1S/C13H21N3S.2ClH/c1-10(2)5-7-16-6-3-4-11(8-16)12-9-17-13(14)15-12;;/h4,9-10H,3,5-8H2,1-2H3,(H2,14,15);2*1H. The number of nitrogens with zero attached hydrogens (tertiary/aromatic N) is 2. The Morgan fingerprint density at radius 2 is 2.16 bits per heavy atom. The van der Waals surface area contributed by atoms with Gasteiger partial charge in [-0.15, -0.1) is 36.2 Å². The van der Waals surface area contributed by atoms with Crippen molar-refractivity contribution in [3.05, 3.63) is 17.2 Å². The van der Waals surface area contributed by atoms with E-state index in [9.17, 15) is 0 Å². The van der Waals surface area contributed by atoms with Gasteiger partial charge in [0.05, 0.1) is 5.69 Å². The third kappa shape index (κ3) is 5.69. The number of nitrogens with two attached hydrogens (primary N) is 1. The largest absolute Gasteiger partial charge is 0.375 e. The first-order valence-corrected chi connectivity index (χ1v) is 7.16. The maximum Gasteiger partial charge on any atom is 0.180 e. The number of thiazole rings is 1. The monoisotopic (exact) mass is 323 g/mol. The Hall–Kier alpha value is -0.290. The zero-order chi connectivity index (χ0) is 12.3. The predicted molar refractivity (Wildman–Crippen MR) is 89.5 cm³/mol. The van der Waals surface area contributed by atoms with Gasteiger partial charge in [0.25, 0.3) is 0 Å². The average molecular weight is 324 g/mol. The van der Waals surface area contributed by atoms with E-state index in [0.29, 0.717) is 5.13 Å². The molecule has 0 spiro atoms. The topological polar surface area (TPSA) is 42.1 Å². The molecule has 6 heteroatoms. The molecular formula is C13H23Cl2N3S. The lowest BCUT2D eigenvalue weighted by Crippen LogP contribution is -2.31. The summed E-state index contributed by atoms with van der Waals surface area (Å²) < 4.78 is 0. The van der Waals surface area contributed by atoms with Crippen molar-refractivity contribution in [2.75, 3.05) is 25.4 Å². The number of hydrogen-bond donors (Lipinski definition) is 1. The molecule has 3 nitrogen and oxygen atoms in total. The Kier molecular flexibility index (Phi) is 8.66. The molecule has 1 aliphatic rings. The Balaban J connectivity index is 0.00000162. The number of nitrogen functional groups attached to an aromatic ring is 1. The van der Waals surface area contributed by atoms with E-state index in [1.54, 1.807) is 0 Å². The van der Waals surface area contributed by atoms with Crippen LogP contribution in [0.3, 0.4) is 0 Å². The van der Waals surface area contributed by atoms with Crippen LogP contribution in [-0.4, -0.2) is 29.5 Å². The highest BCUT2D eigenvalue weighted by Gasteiger charge is 2.15. The summed E-state index contributed by atoms with van der Waals surface area (Å²) in [7, 11) is 0. The first kappa shape index (κ1) is 18.7. The first-order chi connectivity index (χ1) is 8.15. The average Bonchev–Trinajstić information content (AvgIpc) is 2.74. The second-order valence-corrected chi connectivity index (χ2v) is 5.94. The molecule has 110 valence electrons. The number of halogens is 2. The van der Waals surface area contributed by atoms with Gasteiger partial charge in [-0.05, 0) is 30.9 Å². The zero-order valence-electron chi connectivity index (χ0n) is 11.5. The van der Waals surface area contributed by atoms with Crippen LogP contribution in [0.25, 0.3) is 5.57 Å². The fourth-order valence-corrected chi connectivity index (χ4v) is 2.65. The van der Waals surface area contributed by atoms with Crippen molar-refractivity contribution in [2.45, 2.75) is 26.7 Å². The third-order valence-corrected chi connectivity index (χ3v) is 3.78. The Morgan fingerprint density at radius 3 is 2.74 bits per heavy atom. The predicted octanol–water partition coefficient (Wildman–Crippen LogP) is 3.70. The minimum atomic E-state index is 0. The minimum absolute atomic E-state index is 0. The SMILES string of the molecule is CC(C)CCN1CCC=C(c2csc(N)n2)C1.Cl.Cl. The first-order valence-electron chi connectivity index (χ1n) is 6.28. The summed E-state index contributed by atoms with van der Waals surface area (Å²) in [6.07, 6.45) is 4.71. The molecule has 2 heterocycles. The van der Waals surface area contributed by atoms with Crippen LogP contribution in [0.15, 0.2) is 11.5 Å². The van der Waals surface area contributed by atoms with Gasteiger partial charge in [-0.2, -0.15) is 0 Å². The molecule has 0 atom stereocenters. The van der Waals surface area contributed by atoms with Gasteiger partial charge in [0.15, 0.2) is 5.13 Å². The molecule has 0 radical (unpaired) electrons. The van der Waals surface area contributed by atoms with Gasteiger partial charge in [0, 0.05) is 18.5 Å². The van der Waals surface area contributed by atoms with Gasteiger partial charge in [-0.3, -0.25) is 4.90 Å². The number of rotatable bonds is 4. The summed E-state index contributed by atoms with van der Waals surface area (Å²) in [4.78, 5) is 6.88. The molecule has 2 N–H and O–H groups in total. The fourth-order valence-electron chi connectivity index (χ4n) is 2.06.